The first-order valence-corrected chi connectivity index (χ1v) is 9.95. The lowest BCUT2D eigenvalue weighted by Gasteiger charge is -2.39. The Morgan fingerprint density at radius 3 is 3.20 bits per heavy atom. The molecular weight excluding hydrogens is 356 g/mol. The molecule has 0 spiro atoms. The summed E-state index contributed by atoms with van der Waals surface area (Å²) in [6, 6.07) is 1.10. The van der Waals surface area contributed by atoms with Crippen molar-refractivity contribution in [2.45, 2.75) is 59.0 Å². The zero-order valence-electron chi connectivity index (χ0n) is 11.1. The minimum Gasteiger partial charge on any atom is -0.298 e. The van der Waals surface area contributed by atoms with Gasteiger partial charge in [-0.2, -0.15) is 0 Å². The number of nitrogens with zero attached hydrogens (tertiary/aromatic N) is 1. The van der Waals surface area contributed by atoms with Crippen LogP contribution in [-0.2, 0) is 0 Å². The van der Waals surface area contributed by atoms with Crippen LogP contribution in [0.5, 0.6) is 0 Å². The summed E-state index contributed by atoms with van der Waals surface area (Å²) in [6.45, 7) is 0.876. The number of hydrogen-bond acceptors (Lipinski definition) is 6. The van der Waals surface area contributed by atoms with Crippen LogP contribution >= 0.6 is 39.0 Å². The van der Waals surface area contributed by atoms with Gasteiger partial charge in [-0.05, 0) is 19.3 Å². The van der Waals surface area contributed by atoms with E-state index in [0.717, 1.165) is 6.67 Å². The molecule has 7 heteroatoms. The number of halogens is 1. The fraction of sp³-hybridized carbons (Fsp3) is 0.769. The number of thiazole rings is 1. The van der Waals surface area contributed by atoms with Gasteiger partial charge in [-0.15, -0.1) is 11.3 Å². The van der Waals surface area contributed by atoms with Gasteiger partial charge in [-0.1, -0.05) is 34.1 Å². The van der Waals surface area contributed by atoms with Crippen molar-refractivity contribution in [1.29, 1.82) is 0 Å². The highest BCUT2D eigenvalue weighted by atomic mass is 79.9. The molecule has 2 fully saturated rings. The minimum absolute atomic E-state index is 0.385. The largest absolute Gasteiger partial charge is 0.298 e. The fourth-order valence-corrected chi connectivity index (χ4v) is 6.75. The minimum atomic E-state index is 0.385. The molecule has 4 rings (SSSR count). The average Bonchev–Trinajstić information content (AvgIpc) is 3.00. The number of rotatable bonds is 2. The van der Waals surface area contributed by atoms with Gasteiger partial charge in [-0.3, -0.25) is 16.0 Å². The highest BCUT2D eigenvalue weighted by Crippen LogP contribution is 2.47. The molecule has 5 atom stereocenters. The van der Waals surface area contributed by atoms with E-state index in [2.05, 4.69) is 36.9 Å². The smallest absolute Gasteiger partial charge is 0.112 e. The molecule has 5 unspecified atom stereocenters. The van der Waals surface area contributed by atoms with E-state index in [9.17, 15) is 0 Å². The molecule has 110 valence electrons. The van der Waals surface area contributed by atoms with Crippen LogP contribution in [0.15, 0.2) is 10.5 Å². The molecule has 3 aliphatic rings. The van der Waals surface area contributed by atoms with Crippen LogP contribution in [-0.4, -0.2) is 33.9 Å². The summed E-state index contributed by atoms with van der Waals surface area (Å²) in [4.78, 5) is 6.60. The van der Waals surface area contributed by atoms with Gasteiger partial charge in [0, 0.05) is 17.5 Å². The first-order valence-electron chi connectivity index (χ1n) is 7.28. The van der Waals surface area contributed by atoms with Crippen LogP contribution in [0.1, 0.15) is 36.6 Å². The Morgan fingerprint density at radius 1 is 1.35 bits per heavy atom. The molecule has 0 radical (unpaired) electrons. The summed E-state index contributed by atoms with van der Waals surface area (Å²) in [5.74, 6) is 0. The Labute approximate surface area is 136 Å². The first-order chi connectivity index (χ1) is 9.81. The molecule has 3 N–H and O–H groups in total. The molecule has 1 saturated heterocycles. The lowest BCUT2D eigenvalue weighted by Crippen LogP contribution is -2.62. The summed E-state index contributed by atoms with van der Waals surface area (Å²) >= 11 is 7.49. The van der Waals surface area contributed by atoms with Crippen LogP contribution in [0.3, 0.4) is 0 Å². The Morgan fingerprint density at radius 2 is 2.30 bits per heavy atom. The summed E-state index contributed by atoms with van der Waals surface area (Å²) < 4.78 is 0. The molecule has 20 heavy (non-hydrogen) atoms. The summed E-state index contributed by atoms with van der Waals surface area (Å²) in [7, 11) is 0. The second-order valence-corrected chi connectivity index (χ2v) is 9.12. The van der Waals surface area contributed by atoms with Crippen LogP contribution < -0.4 is 16.0 Å². The van der Waals surface area contributed by atoms with Crippen molar-refractivity contribution >= 4 is 39.0 Å². The molecule has 2 aliphatic heterocycles. The number of thioether (sulfide) groups is 1. The van der Waals surface area contributed by atoms with Crippen molar-refractivity contribution < 1.29 is 0 Å². The van der Waals surface area contributed by atoms with Crippen LogP contribution in [0.2, 0.25) is 0 Å². The molecule has 0 aromatic carbocycles. The van der Waals surface area contributed by atoms with E-state index in [0.29, 0.717) is 28.3 Å². The topological polar surface area (TPSA) is 49.0 Å². The monoisotopic (exact) mass is 374 g/mol. The van der Waals surface area contributed by atoms with Crippen molar-refractivity contribution in [2.75, 3.05) is 6.67 Å². The maximum Gasteiger partial charge on any atom is 0.112 e. The van der Waals surface area contributed by atoms with E-state index in [1.807, 2.05) is 17.3 Å². The van der Waals surface area contributed by atoms with Crippen molar-refractivity contribution in [2.24, 2.45) is 0 Å². The zero-order valence-corrected chi connectivity index (χ0v) is 14.4. The summed E-state index contributed by atoms with van der Waals surface area (Å²) in [5.41, 5.74) is 1.97. The molecule has 3 heterocycles. The lowest BCUT2D eigenvalue weighted by molar-refractivity contribution is 0.251. The third-order valence-electron chi connectivity index (χ3n) is 4.42. The molecule has 0 amide bonds. The maximum atomic E-state index is 4.49. The van der Waals surface area contributed by atoms with Crippen molar-refractivity contribution in [3.05, 3.63) is 10.4 Å². The molecular formula is C13H19BrN4S2. The number of hydrogen-bond donors (Lipinski definition) is 3. The Bertz CT molecular complexity index is 483. The van der Waals surface area contributed by atoms with E-state index < -0.39 is 0 Å². The van der Waals surface area contributed by atoms with Gasteiger partial charge in [0.05, 0.1) is 27.8 Å². The second-order valence-electron chi connectivity index (χ2n) is 5.77. The Hall–Kier alpha value is 0.340. The second kappa shape index (κ2) is 5.85. The van der Waals surface area contributed by atoms with Gasteiger partial charge in [0.1, 0.15) is 5.03 Å². The normalized spacial score (nSPS) is 40.4. The van der Waals surface area contributed by atoms with E-state index in [4.69, 9.17) is 0 Å². The van der Waals surface area contributed by atoms with E-state index in [-0.39, 0.29) is 0 Å². The number of aromatic nitrogens is 1. The van der Waals surface area contributed by atoms with Crippen molar-refractivity contribution in [3.63, 3.8) is 0 Å². The zero-order chi connectivity index (χ0) is 13.5. The average molecular weight is 375 g/mol. The first kappa shape index (κ1) is 14.0. The van der Waals surface area contributed by atoms with E-state index in [1.54, 1.807) is 11.3 Å². The number of alkyl halides is 1. The van der Waals surface area contributed by atoms with Gasteiger partial charge in [0.2, 0.25) is 0 Å². The van der Waals surface area contributed by atoms with Gasteiger partial charge in [0.15, 0.2) is 0 Å². The standard InChI is InChI=1S/C13H19BrN4S2/c14-7-2-1-3-8(4-7)18-12-10-9(15-5-16-12)11-13(20-10)17-6-19-11/h6-10,12,15-16,18H,1-5H2. The highest BCUT2D eigenvalue weighted by molar-refractivity contribution is 9.09. The number of nitrogens with one attached hydrogen (secondary N) is 3. The van der Waals surface area contributed by atoms with Crippen LogP contribution in [0.4, 0.5) is 0 Å². The van der Waals surface area contributed by atoms with Crippen LogP contribution in [0.25, 0.3) is 0 Å². The molecule has 0 bridgehead atoms. The summed E-state index contributed by atoms with van der Waals surface area (Å²) in [6.07, 6.45) is 5.58. The fourth-order valence-electron chi connectivity index (χ4n) is 3.44. The quantitative estimate of drug-likeness (QED) is 0.694. The van der Waals surface area contributed by atoms with Gasteiger partial charge in [0.25, 0.3) is 0 Å². The van der Waals surface area contributed by atoms with Gasteiger partial charge < -0.3 is 0 Å². The third kappa shape index (κ3) is 2.57. The predicted octanol–water partition coefficient (Wildman–Crippen LogP) is 2.43. The molecule has 1 aromatic heterocycles. The Kier molecular flexibility index (Phi) is 4.09. The molecule has 1 saturated carbocycles. The predicted molar refractivity (Wildman–Crippen MR) is 87.5 cm³/mol. The van der Waals surface area contributed by atoms with Crippen LogP contribution in [0, 0.1) is 0 Å². The van der Waals surface area contributed by atoms with Gasteiger partial charge >= 0.3 is 0 Å². The van der Waals surface area contributed by atoms with Crippen molar-refractivity contribution in [3.8, 4) is 0 Å². The van der Waals surface area contributed by atoms with Gasteiger partial charge in [-0.25, -0.2) is 4.98 Å². The summed E-state index contributed by atoms with van der Waals surface area (Å²) in [5, 5.41) is 12.8. The number of fused-ring (bicyclic) bond motifs is 3. The van der Waals surface area contributed by atoms with Crippen molar-refractivity contribution in [1.82, 2.24) is 20.9 Å². The third-order valence-corrected chi connectivity index (χ3v) is 7.66. The lowest BCUT2D eigenvalue weighted by atomic mass is 9.94. The molecule has 4 nitrogen and oxygen atoms in total. The SMILES string of the molecule is BrC1CCCC(NC2NCNC3c4scnc4SC23)C1. The maximum absolute atomic E-state index is 4.49. The van der Waals surface area contributed by atoms with E-state index >= 15 is 0 Å². The molecule has 1 aliphatic carbocycles. The highest BCUT2D eigenvalue weighted by Gasteiger charge is 2.43. The Balaban J connectivity index is 1.45. The molecule has 1 aromatic rings. The van der Waals surface area contributed by atoms with E-state index in [1.165, 1.54) is 35.6 Å².